The monoisotopic (exact) mass is 389 g/mol. The fourth-order valence-corrected chi connectivity index (χ4v) is 2.73. The van der Waals surface area contributed by atoms with E-state index in [1.807, 2.05) is 6.92 Å². The SMILES string of the molecule is Cc1cc(Cl)ccc1Nc1ncnc(Nc2ccccc2Cl)c1[N+](=O)[O-]. The van der Waals surface area contributed by atoms with Crippen molar-refractivity contribution in [2.75, 3.05) is 10.6 Å². The van der Waals surface area contributed by atoms with Crippen LogP contribution in [-0.2, 0) is 0 Å². The van der Waals surface area contributed by atoms with Gasteiger partial charge in [0.2, 0.25) is 11.6 Å². The second-order valence-electron chi connectivity index (χ2n) is 5.37. The number of para-hydroxylation sites is 1. The van der Waals surface area contributed by atoms with Crippen molar-refractivity contribution < 1.29 is 4.92 Å². The molecule has 0 fully saturated rings. The average molecular weight is 390 g/mol. The average Bonchev–Trinajstić information content (AvgIpc) is 2.59. The van der Waals surface area contributed by atoms with Gasteiger partial charge in [0, 0.05) is 10.7 Å². The van der Waals surface area contributed by atoms with Gasteiger partial charge in [0.15, 0.2) is 0 Å². The quantitative estimate of drug-likeness (QED) is 0.442. The van der Waals surface area contributed by atoms with Crippen molar-refractivity contribution >= 4 is 51.9 Å². The van der Waals surface area contributed by atoms with Gasteiger partial charge in [0.05, 0.1) is 15.6 Å². The highest BCUT2D eigenvalue weighted by atomic mass is 35.5. The minimum Gasteiger partial charge on any atom is -0.334 e. The Bertz CT molecular complexity index is 981. The number of anilines is 4. The number of nitro groups is 1. The number of hydrogen-bond donors (Lipinski definition) is 2. The summed E-state index contributed by atoms with van der Waals surface area (Å²) in [6.45, 7) is 1.84. The zero-order valence-corrected chi connectivity index (χ0v) is 15.0. The molecule has 3 aromatic rings. The lowest BCUT2D eigenvalue weighted by Gasteiger charge is -2.12. The number of halogens is 2. The van der Waals surface area contributed by atoms with Gasteiger partial charge in [-0.3, -0.25) is 10.1 Å². The van der Waals surface area contributed by atoms with E-state index in [9.17, 15) is 10.1 Å². The van der Waals surface area contributed by atoms with Gasteiger partial charge < -0.3 is 10.6 Å². The fourth-order valence-electron chi connectivity index (χ4n) is 2.32. The van der Waals surface area contributed by atoms with Crippen molar-refractivity contribution in [2.24, 2.45) is 0 Å². The molecule has 1 aromatic heterocycles. The van der Waals surface area contributed by atoms with Crippen molar-refractivity contribution in [3.05, 3.63) is 74.5 Å². The number of aryl methyl sites for hydroxylation is 1. The van der Waals surface area contributed by atoms with Crippen LogP contribution < -0.4 is 10.6 Å². The molecule has 0 radical (unpaired) electrons. The van der Waals surface area contributed by atoms with Crippen LogP contribution in [0.3, 0.4) is 0 Å². The van der Waals surface area contributed by atoms with Crippen LogP contribution in [0.25, 0.3) is 0 Å². The number of aromatic nitrogens is 2. The number of benzene rings is 2. The molecule has 0 atom stereocenters. The van der Waals surface area contributed by atoms with Gasteiger partial charge in [-0.2, -0.15) is 0 Å². The standard InChI is InChI=1S/C17H13Cl2N5O2/c1-10-8-11(18)6-7-13(10)22-16-15(24(25)26)17(21-9-20-16)23-14-5-3-2-4-12(14)19/h2-9H,1H3,(H2,20,21,22,23). The lowest BCUT2D eigenvalue weighted by Crippen LogP contribution is -2.06. The van der Waals surface area contributed by atoms with E-state index in [4.69, 9.17) is 23.2 Å². The summed E-state index contributed by atoms with van der Waals surface area (Å²) < 4.78 is 0. The van der Waals surface area contributed by atoms with Gasteiger partial charge in [0.1, 0.15) is 6.33 Å². The molecule has 132 valence electrons. The predicted octanol–water partition coefficient (Wildman–Crippen LogP) is 5.49. The van der Waals surface area contributed by atoms with Crippen molar-refractivity contribution in [1.29, 1.82) is 0 Å². The molecule has 9 heteroatoms. The van der Waals surface area contributed by atoms with Gasteiger partial charge in [0.25, 0.3) is 0 Å². The van der Waals surface area contributed by atoms with Crippen LogP contribution in [0.1, 0.15) is 5.56 Å². The third-order valence-corrected chi connectivity index (χ3v) is 4.14. The van der Waals surface area contributed by atoms with Gasteiger partial charge >= 0.3 is 5.69 Å². The molecular formula is C17H13Cl2N5O2. The third-order valence-electron chi connectivity index (χ3n) is 3.57. The van der Waals surface area contributed by atoms with E-state index in [-0.39, 0.29) is 17.3 Å². The Morgan fingerprint density at radius 1 is 1.00 bits per heavy atom. The Morgan fingerprint density at radius 2 is 1.65 bits per heavy atom. The van der Waals surface area contributed by atoms with E-state index in [0.717, 1.165) is 5.56 Å². The maximum atomic E-state index is 11.6. The molecule has 0 aliphatic rings. The summed E-state index contributed by atoms with van der Waals surface area (Å²) in [4.78, 5) is 19.1. The van der Waals surface area contributed by atoms with Crippen molar-refractivity contribution in [3.63, 3.8) is 0 Å². The molecule has 7 nitrogen and oxygen atoms in total. The highest BCUT2D eigenvalue weighted by Crippen LogP contribution is 2.35. The molecule has 0 aliphatic carbocycles. The van der Waals surface area contributed by atoms with E-state index < -0.39 is 4.92 Å². The third kappa shape index (κ3) is 3.84. The van der Waals surface area contributed by atoms with E-state index in [1.165, 1.54) is 6.33 Å². The summed E-state index contributed by atoms with van der Waals surface area (Å²) in [6, 6.07) is 12.1. The lowest BCUT2D eigenvalue weighted by molar-refractivity contribution is -0.383. The molecule has 1 heterocycles. The van der Waals surface area contributed by atoms with Crippen molar-refractivity contribution in [2.45, 2.75) is 6.92 Å². The minimum absolute atomic E-state index is 0.0345. The minimum atomic E-state index is -0.549. The second kappa shape index (κ2) is 7.55. The first kappa shape index (κ1) is 17.9. The first-order chi connectivity index (χ1) is 12.5. The van der Waals surface area contributed by atoms with E-state index >= 15 is 0 Å². The summed E-state index contributed by atoms with van der Waals surface area (Å²) in [6.07, 6.45) is 1.24. The largest absolute Gasteiger partial charge is 0.353 e. The molecule has 0 saturated heterocycles. The molecule has 0 aliphatic heterocycles. The van der Waals surface area contributed by atoms with Gasteiger partial charge in [-0.1, -0.05) is 35.3 Å². The van der Waals surface area contributed by atoms with E-state index in [0.29, 0.717) is 21.4 Å². The molecule has 0 amide bonds. The smallest absolute Gasteiger partial charge is 0.334 e. The molecule has 2 aromatic carbocycles. The Kier molecular flexibility index (Phi) is 5.20. The van der Waals surface area contributed by atoms with Crippen LogP contribution in [0.2, 0.25) is 10.0 Å². The Hall–Kier alpha value is -2.90. The Morgan fingerprint density at radius 3 is 2.27 bits per heavy atom. The fraction of sp³-hybridized carbons (Fsp3) is 0.0588. The molecule has 0 spiro atoms. The number of rotatable bonds is 5. The Balaban J connectivity index is 2.01. The summed E-state index contributed by atoms with van der Waals surface area (Å²) in [5, 5.41) is 18.5. The van der Waals surface area contributed by atoms with Crippen LogP contribution in [0.15, 0.2) is 48.8 Å². The summed E-state index contributed by atoms with van der Waals surface area (Å²) in [5.41, 5.74) is 1.69. The first-order valence-corrected chi connectivity index (χ1v) is 8.25. The summed E-state index contributed by atoms with van der Waals surface area (Å²) in [7, 11) is 0. The van der Waals surface area contributed by atoms with Gasteiger partial charge in [-0.15, -0.1) is 0 Å². The van der Waals surface area contributed by atoms with Gasteiger partial charge in [-0.25, -0.2) is 9.97 Å². The van der Waals surface area contributed by atoms with Crippen molar-refractivity contribution in [3.8, 4) is 0 Å². The van der Waals surface area contributed by atoms with Crippen LogP contribution in [0.4, 0.5) is 28.7 Å². The molecule has 0 saturated carbocycles. The summed E-state index contributed by atoms with van der Waals surface area (Å²) >= 11 is 12.1. The second-order valence-corrected chi connectivity index (χ2v) is 6.21. The van der Waals surface area contributed by atoms with Crippen LogP contribution in [-0.4, -0.2) is 14.9 Å². The number of nitrogens with one attached hydrogen (secondary N) is 2. The van der Waals surface area contributed by atoms with Crippen LogP contribution in [0.5, 0.6) is 0 Å². The normalized spacial score (nSPS) is 10.4. The molecule has 0 unspecified atom stereocenters. The van der Waals surface area contributed by atoms with Gasteiger partial charge in [-0.05, 0) is 42.8 Å². The molecular weight excluding hydrogens is 377 g/mol. The van der Waals surface area contributed by atoms with E-state index in [1.54, 1.807) is 42.5 Å². The maximum Gasteiger partial charge on any atom is 0.353 e. The van der Waals surface area contributed by atoms with Crippen LogP contribution in [0, 0.1) is 17.0 Å². The predicted molar refractivity (Wildman–Crippen MR) is 103 cm³/mol. The highest BCUT2D eigenvalue weighted by molar-refractivity contribution is 6.33. The zero-order valence-electron chi connectivity index (χ0n) is 13.5. The summed E-state index contributed by atoms with van der Waals surface area (Å²) in [5.74, 6) is 0.0946. The van der Waals surface area contributed by atoms with Crippen LogP contribution >= 0.6 is 23.2 Å². The molecule has 0 bridgehead atoms. The van der Waals surface area contributed by atoms with E-state index in [2.05, 4.69) is 20.6 Å². The number of hydrogen-bond acceptors (Lipinski definition) is 6. The molecule has 2 N–H and O–H groups in total. The molecule has 26 heavy (non-hydrogen) atoms. The lowest BCUT2D eigenvalue weighted by atomic mass is 10.2. The Labute approximate surface area is 159 Å². The topological polar surface area (TPSA) is 93.0 Å². The van der Waals surface area contributed by atoms with Crippen molar-refractivity contribution in [1.82, 2.24) is 9.97 Å². The first-order valence-electron chi connectivity index (χ1n) is 7.50. The molecule has 3 rings (SSSR count). The zero-order chi connectivity index (χ0) is 18.7. The number of nitrogens with zero attached hydrogens (tertiary/aromatic N) is 3. The maximum absolute atomic E-state index is 11.6. The highest BCUT2D eigenvalue weighted by Gasteiger charge is 2.24.